The molecule has 0 bridgehead atoms. The maximum atomic E-state index is 7.20. The van der Waals surface area contributed by atoms with Gasteiger partial charge in [-0.1, -0.05) is 188 Å². The van der Waals surface area contributed by atoms with Gasteiger partial charge in [-0.05, 0) is 67.8 Å². The van der Waals surface area contributed by atoms with E-state index < -0.39 is 8.07 Å². The monoisotopic (exact) mass is 769 g/mol. The summed E-state index contributed by atoms with van der Waals surface area (Å²) in [5.74, 6) is 2.53. The molecule has 0 saturated carbocycles. The zero-order valence-corrected chi connectivity index (χ0v) is 33.1. The Morgan fingerprint density at radius 2 is 0.966 bits per heavy atom. The van der Waals surface area contributed by atoms with E-state index in [4.69, 9.17) is 9.39 Å². The van der Waals surface area contributed by atoms with Crippen LogP contribution < -0.4 is 41.1 Å². The summed E-state index contributed by atoms with van der Waals surface area (Å²) in [5.41, 5.74) is 9.88. The third-order valence-corrected chi connectivity index (χ3v) is 17.2. The average molecular weight is 770 g/mol. The number of rotatable bonds is 6. The molecule has 276 valence electrons. The summed E-state index contributed by atoms with van der Waals surface area (Å²) in [5, 5.41) is 7.84. The number of hydrogen-bond acceptors (Lipinski definition) is 2. The smallest absolute Gasteiger partial charge is 0.434 e. The summed E-state index contributed by atoms with van der Waals surface area (Å²) in [4.78, 5) is 0. The zero-order chi connectivity index (χ0) is 38.9. The third-order valence-electron chi connectivity index (χ3n) is 12.4. The van der Waals surface area contributed by atoms with Gasteiger partial charge >= 0.3 is 6.92 Å². The van der Waals surface area contributed by atoms with Gasteiger partial charge in [-0.15, -0.1) is 0 Å². The molecule has 59 heavy (non-hydrogen) atoms. The number of aromatic nitrogens is 1. The van der Waals surface area contributed by atoms with Crippen LogP contribution in [-0.4, -0.2) is 19.6 Å². The van der Waals surface area contributed by atoms with E-state index in [1.807, 2.05) is 0 Å². The van der Waals surface area contributed by atoms with Crippen molar-refractivity contribution in [2.45, 2.75) is 0 Å². The Balaban J connectivity index is 1.00. The predicted octanol–water partition coefficient (Wildman–Crippen LogP) is 9.10. The molecule has 0 aliphatic carbocycles. The van der Waals surface area contributed by atoms with Gasteiger partial charge in [0.05, 0.1) is 16.7 Å². The maximum Gasteiger partial charge on any atom is 0.434 e. The van der Waals surface area contributed by atoms with Gasteiger partial charge in [0.15, 0.2) is 8.07 Å². The van der Waals surface area contributed by atoms with E-state index in [0.29, 0.717) is 0 Å². The molecule has 0 atom stereocenters. The highest BCUT2D eigenvalue weighted by molar-refractivity contribution is 7.19. The normalized spacial score (nSPS) is 12.6. The molecular weight excluding hydrogens is 733 g/mol. The Bertz CT molecular complexity index is 3090. The van der Waals surface area contributed by atoms with Gasteiger partial charge in [0.2, 0.25) is 0 Å². The van der Waals surface area contributed by atoms with Crippen LogP contribution in [0.4, 0.5) is 0 Å². The lowest BCUT2D eigenvalue weighted by Gasteiger charge is -2.35. The minimum atomic E-state index is -2.71. The van der Waals surface area contributed by atoms with Gasteiger partial charge in [0, 0.05) is 27.3 Å². The lowest BCUT2D eigenvalue weighted by molar-refractivity contribution is 0.477. The molecule has 0 amide bonds. The van der Waals surface area contributed by atoms with E-state index >= 15 is 0 Å². The topological polar surface area (TPSA) is 23.4 Å². The summed E-state index contributed by atoms with van der Waals surface area (Å²) in [6.07, 6.45) is 0. The molecule has 9 aromatic carbocycles. The van der Waals surface area contributed by atoms with Crippen molar-refractivity contribution in [3.8, 4) is 45.2 Å². The summed E-state index contributed by atoms with van der Waals surface area (Å²) < 4.78 is 16.5. The number of ether oxygens (including phenoxy) is 1. The van der Waals surface area contributed by atoms with Gasteiger partial charge < -0.3 is 14.0 Å². The van der Waals surface area contributed by atoms with Crippen molar-refractivity contribution in [2.24, 2.45) is 0 Å². The lowest BCUT2D eigenvalue weighted by Crippen LogP contribution is -2.74. The van der Waals surface area contributed by atoms with Crippen LogP contribution in [0.5, 0.6) is 17.2 Å². The Morgan fingerprint density at radius 1 is 0.407 bits per heavy atom. The molecule has 12 rings (SSSR count). The highest BCUT2D eigenvalue weighted by atomic mass is 28.3. The highest BCUT2D eigenvalue weighted by Crippen LogP contribution is 2.43. The zero-order valence-electron chi connectivity index (χ0n) is 32.1. The van der Waals surface area contributed by atoms with Crippen LogP contribution in [0.1, 0.15) is 0 Å². The second kappa shape index (κ2) is 13.4. The second-order valence-electron chi connectivity index (χ2n) is 15.5. The van der Waals surface area contributed by atoms with Crippen molar-refractivity contribution in [1.82, 2.24) is 4.57 Å². The van der Waals surface area contributed by atoms with E-state index in [9.17, 15) is 0 Å². The largest absolute Gasteiger partial charge is 0.551 e. The molecular formula is C54H36BNO2Si. The Morgan fingerprint density at radius 3 is 1.63 bits per heavy atom. The van der Waals surface area contributed by atoms with Gasteiger partial charge in [-0.2, -0.15) is 0 Å². The molecule has 1 aromatic heterocycles. The molecule has 0 unspecified atom stereocenters. The van der Waals surface area contributed by atoms with Crippen molar-refractivity contribution in [2.75, 3.05) is 0 Å². The summed E-state index contributed by atoms with van der Waals surface area (Å²) in [6, 6.07) is 79.3. The summed E-state index contributed by atoms with van der Waals surface area (Å²) in [7, 11) is -2.71. The second-order valence-corrected chi connectivity index (χ2v) is 19.3. The first-order valence-corrected chi connectivity index (χ1v) is 22.3. The molecule has 2 aliphatic heterocycles. The van der Waals surface area contributed by atoms with Crippen LogP contribution in [0.3, 0.4) is 0 Å². The SMILES string of the molecule is c1ccc([Si](c2ccccc2)(c2ccccc2)c2cccc(-c3ccc4c(c3)OB3c5cccc(-n6c7ccccc7c7ccccc76)c5Oc5cccc-4c53)c2)cc1. The van der Waals surface area contributed by atoms with E-state index in [-0.39, 0.29) is 6.92 Å². The molecule has 0 fully saturated rings. The van der Waals surface area contributed by atoms with Crippen molar-refractivity contribution < 1.29 is 9.39 Å². The molecule has 0 radical (unpaired) electrons. The molecule has 2 aliphatic rings. The highest BCUT2D eigenvalue weighted by Gasteiger charge is 2.43. The van der Waals surface area contributed by atoms with Crippen LogP contribution in [-0.2, 0) is 0 Å². The molecule has 5 heteroatoms. The Labute approximate surface area is 344 Å². The fraction of sp³-hybridized carbons (Fsp3) is 0. The van der Waals surface area contributed by atoms with Crippen molar-refractivity contribution >= 4 is 68.5 Å². The van der Waals surface area contributed by atoms with E-state index in [1.54, 1.807) is 0 Å². The quantitative estimate of drug-likeness (QED) is 0.125. The number of hydrogen-bond donors (Lipinski definition) is 0. The predicted molar refractivity (Wildman–Crippen MR) is 247 cm³/mol. The lowest BCUT2D eigenvalue weighted by atomic mass is 9.51. The van der Waals surface area contributed by atoms with Crippen LogP contribution in [0.15, 0.2) is 218 Å². The number of benzene rings is 9. The minimum absolute atomic E-state index is 0.332. The number of para-hydroxylation sites is 3. The molecule has 0 N–H and O–H groups in total. The fourth-order valence-electron chi connectivity index (χ4n) is 9.89. The summed E-state index contributed by atoms with van der Waals surface area (Å²) >= 11 is 0. The van der Waals surface area contributed by atoms with Crippen LogP contribution in [0.25, 0.3) is 49.7 Å². The van der Waals surface area contributed by atoms with Gasteiger partial charge in [0.25, 0.3) is 0 Å². The first-order chi connectivity index (χ1) is 29.3. The van der Waals surface area contributed by atoms with Gasteiger partial charge in [0.1, 0.15) is 17.2 Å². The van der Waals surface area contributed by atoms with Crippen LogP contribution >= 0.6 is 0 Å². The van der Waals surface area contributed by atoms with Gasteiger partial charge in [-0.25, -0.2) is 0 Å². The Hall–Kier alpha value is -7.34. The molecule has 3 nitrogen and oxygen atoms in total. The van der Waals surface area contributed by atoms with E-state index in [0.717, 1.165) is 67.1 Å². The van der Waals surface area contributed by atoms with Crippen molar-refractivity contribution in [3.05, 3.63) is 218 Å². The van der Waals surface area contributed by atoms with Crippen LogP contribution in [0.2, 0.25) is 0 Å². The number of nitrogens with zero attached hydrogens (tertiary/aromatic N) is 1. The minimum Gasteiger partial charge on any atom is -0.551 e. The maximum absolute atomic E-state index is 7.20. The molecule has 0 spiro atoms. The standard InChI is InChI=1S/C54H36BNO2Si/c1-4-18-39(19-5-1)59(40-20-6-2-7-21-40,41-22-8-3-9-23-41)42-24-14-17-37(35-42)38-33-34-45-46-27-15-32-51-53(46)55(58-52(45)36-38)47-28-16-31-50(54(47)57-51)56-48-29-12-10-25-43(48)44-26-11-13-30-49(44)56/h1-36H. The first kappa shape index (κ1) is 33.8. The molecule has 0 saturated heterocycles. The van der Waals surface area contributed by atoms with E-state index in [2.05, 4.69) is 223 Å². The van der Waals surface area contributed by atoms with E-state index in [1.165, 1.54) is 31.5 Å². The van der Waals surface area contributed by atoms with Crippen molar-refractivity contribution in [1.29, 1.82) is 0 Å². The first-order valence-electron chi connectivity index (χ1n) is 20.3. The average Bonchev–Trinajstić information content (AvgIpc) is 3.64. The fourth-order valence-corrected chi connectivity index (χ4v) is 14.7. The van der Waals surface area contributed by atoms with Gasteiger partial charge in [-0.3, -0.25) is 0 Å². The van der Waals surface area contributed by atoms with Crippen LogP contribution in [0, 0.1) is 0 Å². The number of fused-ring (bicyclic) bond motifs is 7. The third kappa shape index (κ3) is 5.08. The van der Waals surface area contributed by atoms with Crippen molar-refractivity contribution in [3.63, 3.8) is 0 Å². The molecule has 10 aromatic rings. The Kier molecular flexibility index (Phi) is 7.65. The summed E-state index contributed by atoms with van der Waals surface area (Å²) in [6.45, 7) is -0.332. The molecule has 3 heterocycles.